The summed E-state index contributed by atoms with van der Waals surface area (Å²) in [7, 11) is -1.32. The van der Waals surface area contributed by atoms with Gasteiger partial charge < -0.3 is 9.07 Å². The van der Waals surface area contributed by atoms with Gasteiger partial charge in [-0.1, -0.05) is 39.3 Å². The lowest BCUT2D eigenvalue weighted by Crippen LogP contribution is -2.55. The predicted molar refractivity (Wildman–Crippen MR) is 80.2 cm³/mol. The summed E-state index contributed by atoms with van der Waals surface area (Å²) in [4.78, 5) is 0. The molecule has 0 spiro atoms. The van der Waals surface area contributed by atoms with Gasteiger partial charge in [0.05, 0.1) is 0 Å². The van der Waals surface area contributed by atoms with Crippen molar-refractivity contribution >= 4 is 24.8 Å². The van der Waals surface area contributed by atoms with Crippen LogP contribution < -0.4 is 4.65 Å². The highest BCUT2D eigenvalue weighted by atomic mass is 28.4. The number of rotatable bonds is 3. The first kappa shape index (κ1) is 17.9. The summed E-state index contributed by atoms with van der Waals surface area (Å²) < 4.78 is 8.81. The molecule has 0 saturated heterocycles. The largest absolute Gasteiger partial charge is 0.421 e. The van der Waals surface area contributed by atoms with E-state index in [9.17, 15) is 0 Å². The van der Waals surface area contributed by atoms with Crippen LogP contribution in [-0.4, -0.2) is 31.9 Å². The molecule has 2 nitrogen and oxygen atoms in total. The molecular formula is C10H31NOSi3. The minimum atomic E-state index is -1.13. The van der Waals surface area contributed by atoms with Gasteiger partial charge in [0.2, 0.25) is 0 Å². The van der Waals surface area contributed by atoms with Crippen LogP contribution in [0.15, 0.2) is 0 Å². The first-order chi connectivity index (χ1) is 6.27. The van der Waals surface area contributed by atoms with Crippen molar-refractivity contribution in [1.82, 2.24) is 4.65 Å². The second-order valence-corrected chi connectivity index (χ2v) is 21.6. The number of hydrogen-bond acceptors (Lipinski definition) is 2. The van der Waals surface area contributed by atoms with Crippen LogP contribution in [0.4, 0.5) is 0 Å². The maximum absolute atomic E-state index is 5.08. The predicted octanol–water partition coefficient (Wildman–Crippen LogP) is 3.71. The molecule has 0 heterocycles. The summed E-state index contributed by atoms with van der Waals surface area (Å²) in [5, 5.41) is 0. The molecule has 0 aromatic rings. The van der Waals surface area contributed by atoms with Crippen LogP contribution in [0.25, 0.3) is 0 Å². The summed E-state index contributed by atoms with van der Waals surface area (Å²) in [6.07, 6.45) is 0. The Balaban J connectivity index is 0. The van der Waals surface area contributed by atoms with Crippen molar-refractivity contribution in [3.63, 3.8) is 0 Å². The lowest BCUT2D eigenvalue weighted by molar-refractivity contribution is 0.411. The summed E-state index contributed by atoms with van der Waals surface area (Å²) in [5.74, 6) is 0. The zero-order chi connectivity index (χ0) is 12.9. The van der Waals surface area contributed by atoms with E-state index in [0.717, 1.165) is 0 Å². The van der Waals surface area contributed by atoms with Crippen molar-refractivity contribution in [3.8, 4) is 0 Å². The van der Waals surface area contributed by atoms with Crippen molar-refractivity contribution < 1.29 is 4.43 Å². The first-order valence-corrected chi connectivity index (χ1v) is 16.0. The van der Waals surface area contributed by atoms with Crippen LogP contribution in [0, 0.1) is 0 Å². The van der Waals surface area contributed by atoms with Gasteiger partial charge in [0.15, 0.2) is 8.32 Å². The Morgan fingerprint density at radius 2 is 0.867 bits per heavy atom. The molecule has 94 valence electrons. The van der Waals surface area contributed by atoms with E-state index in [4.69, 9.17) is 4.43 Å². The van der Waals surface area contributed by atoms with E-state index >= 15 is 0 Å². The highest BCUT2D eigenvalue weighted by molar-refractivity contribution is 6.90. The third kappa shape index (κ3) is 25.1. The molecule has 0 atom stereocenters. The van der Waals surface area contributed by atoms with E-state index in [1.54, 1.807) is 7.11 Å². The average Bonchev–Trinajstić information content (AvgIpc) is 1.78. The molecule has 0 fully saturated rings. The molecule has 0 aliphatic heterocycles. The summed E-state index contributed by atoms with van der Waals surface area (Å²) >= 11 is 0. The molecule has 0 rings (SSSR count). The molecule has 0 aliphatic carbocycles. The van der Waals surface area contributed by atoms with E-state index < -0.39 is 24.8 Å². The summed E-state index contributed by atoms with van der Waals surface area (Å²) in [6.45, 7) is 20.6. The fraction of sp³-hybridized carbons (Fsp3) is 1.00. The van der Waals surface area contributed by atoms with E-state index in [0.29, 0.717) is 0 Å². The Bertz CT molecular complexity index is 153. The zero-order valence-corrected chi connectivity index (χ0v) is 15.4. The van der Waals surface area contributed by atoms with Crippen LogP contribution in [-0.2, 0) is 4.43 Å². The monoisotopic (exact) mass is 265 g/mol. The van der Waals surface area contributed by atoms with Crippen molar-refractivity contribution in [3.05, 3.63) is 0 Å². The maximum Gasteiger partial charge on any atom is 0.183 e. The normalized spacial score (nSPS) is 13.2. The Kier molecular flexibility index (Phi) is 7.59. The van der Waals surface area contributed by atoms with Crippen LogP contribution >= 0.6 is 0 Å². The summed E-state index contributed by atoms with van der Waals surface area (Å²) in [5.41, 5.74) is 0. The SMILES string of the molecule is CO[Si](C)(C)C.C[Si](C)(C)N[Si](C)(C)C. The topological polar surface area (TPSA) is 21.3 Å². The molecule has 0 aliphatic rings. The molecule has 5 heteroatoms. The van der Waals surface area contributed by atoms with Gasteiger partial charge in [-0.05, 0) is 19.6 Å². The van der Waals surface area contributed by atoms with Crippen LogP contribution in [0.2, 0.25) is 58.9 Å². The smallest absolute Gasteiger partial charge is 0.183 e. The molecule has 15 heavy (non-hydrogen) atoms. The average molecular weight is 266 g/mol. The maximum atomic E-state index is 5.08. The standard InChI is InChI=1S/C6H19NSi2.C4H12OSi/c1-8(2,3)7-9(4,5)6;1-5-6(2,3)4/h7H,1-6H3;1-4H3. The highest BCUT2D eigenvalue weighted by Crippen LogP contribution is 2.02. The minimum Gasteiger partial charge on any atom is -0.421 e. The number of nitrogens with one attached hydrogen (secondary N) is 1. The van der Waals surface area contributed by atoms with Crippen LogP contribution in [0.3, 0.4) is 0 Å². The van der Waals surface area contributed by atoms with E-state index in [1.165, 1.54) is 0 Å². The van der Waals surface area contributed by atoms with Gasteiger partial charge in [0.25, 0.3) is 0 Å². The molecule has 0 radical (unpaired) electrons. The second kappa shape index (κ2) is 6.34. The molecule has 0 aromatic heterocycles. The van der Waals surface area contributed by atoms with Crippen molar-refractivity contribution in [2.75, 3.05) is 7.11 Å². The fourth-order valence-electron chi connectivity index (χ4n) is 1.12. The molecule has 0 saturated carbocycles. The van der Waals surface area contributed by atoms with Gasteiger partial charge in [0.1, 0.15) is 16.5 Å². The first-order valence-electron chi connectivity index (χ1n) is 5.61. The van der Waals surface area contributed by atoms with Crippen molar-refractivity contribution in [1.29, 1.82) is 0 Å². The van der Waals surface area contributed by atoms with Crippen LogP contribution in [0.1, 0.15) is 0 Å². The van der Waals surface area contributed by atoms with Gasteiger partial charge in [-0.3, -0.25) is 0 Å². The lowest BCUT2D eigenvalue weighted by atomic mass is 11.8. The third-order valence-electron chi connectivity index (χ3n) is 1.36. The second-order valence-electron chi connectivity index (χ2n) is 6.94. The quantitative estimate of drug-likeness (QED) is 0.786. The Morgan fingerprint density at radius 3 is 0.867 bits per heavy atom. The molecule has 0 aromatic carbocycles. The summed E-state index contributed by atoms with van der Waals surface area (Å²) in [6, 6.07) is 0. The van der Waals surface area contributed by atoms with Gasteiger partial charge in [-0.15, -0.1) is 0 Å². The molecule has 0 bridgehead atoms. The van der Waals surface area contributed by atoms with Gasteiger partial charge in [0, 0.05) is 7.11 Å². The fourth-order valence-corrected chi connectivity index (χ4v) is 10.1. The molecular weight excluding hydrogens is 234 g/mol. The van der Waals surface area contributed by atoms with E-state index in [-0.39, 0.29) is 0 Å². The van der Waals surface area contributed by atoms with E-state index in [2.05, 4.69) is 63.6 Å². The van der Waals surface area contributed by atoms with Crippen molar-refractivity contribution in [2.24, 2.45) is 0 Å². The van der Waals surface area contributed by atoms with Crippen LogP contribution in [0.5, 0.6) is 0 Å². The van der Waals surface area contributed by atoms with E-state index in [1.807, 2.05) is 0 Å². The Hall–Kier alpha value is 0.571. The number of hydrogen-bond donors (Lipinski definition) is 1. The van der Waals surface area contributed by atoms with Crippen molar-refractivity contribution in [2.45, 2.75) is 58.9 Å². The Labute approximate surface area is 100 Å². The zero-order valence-electron chi connectivity index (χ0n) is 12.4. The van der Waals surface area contributed by atoms with Gasteiger partial charge in [-0.2, -0.15) is 0 Å². The lowest BCUT2D eigenvalue weighted by Gasteiger charge is -2.28. The highest BCUT2D eigenvalue weighted by Gasteiger charge is 2.22. The molecule has 1 N–H and O–H groups in total. The van der Waals surface area contributed by atoms with Gasteiger partial charge in [-0.25, -0.2) is 0 Å². The minimum absolute atomic E-state index is 0.981. The van der Waals surface area contributed by atoms with Gasteiger partial charge >= 0.3 is 0 Å². The molecule has 0 unspecified atom stereocenters. The third-order valence-corrected chi connectivity index (χ3v) is 8.59. The molecule has 0 amide bonds. The Morgan fingerprint density at radius 1 is 0.667 bits per heavy atom.